The molecule has 1 atom stereocenters. The van der Waals surface area contributed by atoms with E-state index in [1.165, 1.54) is 4.88 Å². The molecule has 0 radical (unpaired) electrons. The van der Waals surface area contributed by atoms with Gasteiger partial charge >= 0.3 is 0 Å². The van der Waals surface area contributed by atoms with Crippen molar-refractivity contribution >= 4 is 17.1 Å². The first kappa shape index (κ1) is 13.7. The maximum absolute atomic E-state index is 12.2. The van der Waals surface area contributed by atoms with Crippen LogP contribution >= 0.6 is 11.3 Å². The first-order valence-electron chi connectivity index (χ1n) is 6.68. The number of thiophene rings is 1. The Balaban J connectivity index is 1.97. The minimum absolute atomic E-state index is 0.250. The molecule has 3 nitrogen and oxygen atoms in total. The van der Waals surface area contributed by atoms with Gasteiger partial charge in [-0.2, -0.15) is 0 Å². The van der Waals surface area contributed by atoms with Crippen molar-refractivity contribution < 1.29 is 9.53 Å². The number of hydrogen-bond donors (Lipinski definition) is 0. The van der Waals surface area contributed by atoms with Gasteiger partial charge in [-0.25, -0.2) is 0 Å². The summed E-state index contributed by atoms with van der Waals surface area (Å²) in [4.78, 5) is 16.7. The summed E-state index contributed by atoms with van der Waals surface area (Å²) < 4.78 is 5.46. The molecule has 1 saturated heterocycles. The second-order valence-corrected chi connectivity index (χ2v) is 5.82. The average Bonchev–Trinajstić information content (AvgIpc) is 2.88. The van der Waals surface area contributed by atoms with Crippen LogP contribution in [0.25, 0.3) is 0 Å². The molecule has 0 aliphatic carbocycles. The molecule has 1 unspecified atom stereocenters. The zero-order valence-corrected chi connectivity index (χ0v) is 12.0. The summed E-state index contributed by atoms with van der Waals surface area (Å²) in [7, 11) is 0. The second-order valence-electron chi connectivity index (χ2n) is 4.65. The van der Waals surface area contributed by atoms with Crippen LogP contribution in [0.15, 0.2) is 12.1 Å². The molecule has 1 aliphatic rings. The fraction of sp³-hybridized carbons (Fsp3) is 0.643. The Morgan fingerprint density at radius 1 is 1.50 bits per heavy atom. The van der Waals surface area contributed by atoms with Gasteiger partial charge in [-0.05, 0) is 25.0 Å². The highest BCUT2D eigenvalue weighted by Gasteiger charge is 2.24. The molecule has 1 aromatic rings. The van der Waals surface area contributed by atoms with E-state index in [1.54, 1.807) is 11.3 Å². The Kier molecular flexibility index (Phi) is 4.92. The van der Waals surface area contributed by atoms with Crippen molar-refractivity contribution in [1.29, 1.82) is 0 Å². The first-order chi connectivity index (χ1) is 8.74. The zero-order chi connectivity index (χ0) is 13.0. The van der Waals surface area contributed by atoms with Gasteiger partial charge in [-0.3, -0.25) is 9.69 Å². The second kappa shape index (κ2) is 6.45. The number of ketones is 1. The number of ether oxygens (including phenoxy) is 1. The largest absolute Gasteiger partial charge is 0.378 e. The number of nitrogens with zero attached hydrogens (tertiary/aromatic N) is 1. The van der Waals surface area contributed by atoms with Crippen molar-refractivity contribution in [1.82, 2.24) is 4.90 Å². The predicted octanol–water partition coefficient (Wildman–Crippen LogP) is 2.60. The van der Waals surface area contributed by atoms with E-state index in [2.05, 4.69) is 24.8 Å². The molecular formula is C14H21NO2S. The van der Waals surface area contributed by atoms with Gasteiger partial charge in [-0.1, -0.05) is 13.8 Å². The summed E-state index contributed by atoms with van der Waals surface area (Å²) in [6.07, 6.45) is 2.05. The molecule has 1 fully saturated rings. The lowest BCUT2D eigenvalue weighted by molar-refractivity contribution is -0.00579. The highest BCUT2D eigenvalue weighted by molar-refractivity contribution is 7.14. The fourth-order valence-electron chi connectivity index (χ4n) is 2.25. The highest BCUT2D eigenvalue weighted by Crippen LogP contribution is 2.19. The molecule has 4 heteroatoms. The molecule has 0 bridgehead atoms. The fourth-order valence-corrected chi connectivity index (χ4v) is 3.13. The minimum atomic E-state index is 0.250. The van der Waals surface area contributed by atoms with Crippen LogP contribution in [0.3, 0.4) is 0 Å². The topological polar surface area (TPSA) is 29.5 Å². The van der Waals surface area contributed by atoms with E-state index in [9.17, 15) is 4.79 Å². The number of carbonyl (C=O) groups is 1. The van der Waals surface area contributed by atoms with Crippen LogP contribution < -0.4 is 0 Å². The normalized spacial score (nSPS) is 21.1. The van der Waals surface area contributed by atoms with Gasteiger partial charge < -0.3 is 4.74 Å². The molecular weight excluding hydrogens is 246 g/mol. The minimum Gasteiger partial charge on any atom is -0.378 e. The number of rotatable bonds is 5. The Labute approximate surface area is 113 Å². The summed E-state index contributed by atoms with van der Waals surface area (Å²) in [6, 6.07) is 4.43. The van der Waals surface area contributed by atoms with E-state index in [4.69, 9.17) is 4.74 Å². The third kappa shape index (κ3) is 3.19. The van der Waals surface area contributed by atoms with E-state index in [-0.39, 0.29) is 5.78 Å². The SMILES string of the molecule is CCc1ccc(C(=O)CN2CCOCC2CC)s1. The lowest BCUT2D eigenvalue weighted by atomic mass is 10.1. The molecule has 1 aromatic heterocycles. The Bertz CT molecular complexity index is 402. The molecule has 1 aliphatic heterocycles. The van der Waals surface area contributed by atoms with E-state index < -0.39 is 0 Å². The van der Waals surface area contributed by atoms with Crippen molar-refractivity contribution in [2.75, 3.05) is 26.3 Å². The van der Waals surface area contributed by atoms with Crippen molar-refractivity contribution in [3.63, 3.8) is 0 Å². The highest BCUT2D eigenvalue weighted by atomic mass is 32.1. The molecule has 100 valence electrons. The monoisotopic (exact) mass is 267 g/mol. The molecule has 18 heavy (non-hydrogen) atoms. The van der Waals surface area contributed by atoms with Crippen LogP contribution in [-0.4, -0.2) is 43.0 Å². The Hall–Kier alpha value is -0.710. The lowest BCUT2D eigenvalue weighted by Crippen LogP contribution is -2.47. The van der Waals surface area contributed by atoms with E-state index >= 15 is 0 Å². The van der Waals surface area contributed by atoms with E-state index in [0.717, 1.165) is 37.5 Å². The molecule has 2 heterocycles. The average molecular weight is 267 g/mol. The van der Waals surface area contributed by atoms with Crippen LogP contribution in [0.2, 0.25) is 0 Å². The molecule has 0 amide bonds. The first-order valence-corrected chi connectivity index (χ1v) is 7.50. The standard InChI is InChI=1S/C14H21NO2S/c1-3-11-10-17-8-7-15(11)9-13(16)14-6-5-12(4-2)18-14/h5-6,11H,3-4,7-10H2,1-2H3. The van der Waals surface area contributed by atoms with Crippen LogP contribution in [0, 0.1) is 0 Å². The maximum Gasteiger partial charge on any atom is 0.186 e. The zero-order valence-electron chi connectivity index (χ0n) is 11.1. The van der Waals surface area contributed by atoms with Gasteiger partial charge in [0.25, 0.3) is 0 Å². The number of aryl methyl sites for hydroxylation is 1. The summed E-state index contributed by atoms with van der Waals surface area (Å²) >= 11 is 1.63. The number of morpholine rings is 1. The predicted molar refractivity (Wildman–Crippen MR) is 74.5 cm³/mol. The quantitative estimate of drug-likeness (QED) is 0.768. The third-order valence-electron chi connectivity index (χ3n) is 3.45. The van der Waals surface area contributed by atoms with Crippen LogP contribution in [-0.2, 0) is 11.2 Å². The van der Waals surface area contributed by atoms with Gasteiger partial charge in [0.05, 0.1) is 24.6 Å². The van der Waals surface area contributed by atoms with Crippen molar-refractivity contribution in [2.45, 2.75) is 32.7 Å². The number of Topliss-reactive ketones (excluding diaryl/α,β-unsaturated/α-hetero) is 1. The molecule has 2 rings (SSSR count). The van der Waals surface area contributed by atoms with E-state index in [0.29, 0.717) is 12.6 Å². The van der Waals surface area contributed by atoms with Crippen LogP contribution in [0.5, 0.6) is 0 Å². The number of carbonyl (C=O) groups excluding carboxylic acids is 1. The summed E-state index contributed by atoms with van der Waals surface area (Å²) in [5.41, 5.74) is 0. The Morgan fingerprint density at radius 2 is 2.33 bits per heavy atom. The molecule has 0 N–H and O–H groups in total. The lowest BCUT2D eigenvalue weighted by Gasteiger charge is -2.34. The van der Waals surface area contributed by atoms with Gasteiger partial charge in [0, 0.05) is 17.5 Å². The molecule has 0 saturated carbocycles. The van der Waals surface area contributed by atoms with Gasteiger partial charge in [-0.15, -0.1) is 11.3 Å². The summed E-state index contributed by atoms with van der Waals surface area (Å²) in [5.74, 6) is 0.250. The number of hydrogen-bond acceptors (Lipinski definition) is 4. The maximum atomic E-state index is 12.2. The molecule has 0 aromatic carbocycles. The van der Waals surface area contributed by atoms with Gasteiger partial charge in [0.1, 0.15) is 0 Å². The smallest absolute Gasteiger partial charge is 0.186 e. The molecule has 0 spiro atoms. The van der Waals surface area contributed by atoms with Crippen molar-refractivity contribution in [3.8, 4) is 0 Å². The van der Waals surface area contributed by atoms with Gasteiger partial charge in [0.2, 0.25) is 0 Å². The van der Waals surface area contributed by atoms with Crippen molar-refractivity contribution in [2.24, 2.45) is 0 Å². The summed E-state index contributed by atoms with van der Waals surface area (Å²) in [5, 5.41) is 0. The third-order valence-corrected chi connectivity index (χ3v) is 4.72. The van der Waals surface area contributed by atoms with Crippen molar-refractivity contribution in [3.05, 3.63) is 21.9 Å². The summed E-state index contributed by atoms with van der Waals surface area (Å²) in [6.45, 7) is 7.18. The van der Waals surface area contributed by atoms with Crippen LogP contribution in [0.1, 0.15) is 34.8 Å². The van der Waals surface area contributed by atoms with Gasteiger partial charge in [0.15, 0.2) is 5.78 Å². The van der Waals surface area contributed by atoms with E-state index in [1.807, 2.05) is 6.07 Å². The van der Waals surface area contributed by atoms with Crippen LogP contribution in [0.4, 0.5) is 0 Å². The Morgan fingerprint density at radius 3 is 3.00 bits per heavy atom.